The summed E-state index contributed by atoms with van der Waals surface area (Å²) in [6, 6.07) is 7.50. The molecule has 4 N–H and O–H groups in total. The second-order valence-electron chi connectivity index (χ2n) is 7.55. The Morgan fingerprint density at radius 3 is 2.06 bits per heavy atom. The number of ether oxygens (including phenoxy) is 3. The number of rotatable bonds is 8. The summed E-state index contributed by atoms with van der Waals surface area (Å²) in [5, 5.41) is 39.3. The minimum Gasteiger partial charge on any atom is -0.490 e. The van der Waals surface area contributed by atoms with E-state index < -0.39 is 54.3 Å². The van der Waals surface area contributed by atoms with Gasteiger partial charge in [-0.15, -0.1) is 0 Å². The number of benzene rings is 2. The summed E-state index contributed by atoms with van der Waals surface area (Å²) in [6.07, 6.45) is -7.77. The topological polar surface area (TPSA) is 109 Å². The molecule has 176 valence electrons. The molecule has 1 heterocycles. The normalized spacial score (nSPS) is 25.6. The number of hydrogen-bond acceptors (Lipinski definition) is 7. The number of aliphatic hydroxyl groups excluding tert-OH is 4. The molecule has 5 atom stereocenters. The molecule has 0 aliphatic carbocycles. The van der Waals surface area contributed by atoms with E-state index in [0.717, 1.165) is 17.7 Å². The molecule has 1 aliphatic heterocycles. The van der Waals surface area contributed by atoms with Gasteiger partial charge in [-0.2, -0.15) is 0 Å². The third-order valence-corrected chi connectivity index (χ3v) is 5.33. The van der Waals surface area contributed by atoms with Crippen molar-refractivity contribution in [2.45, 2.75) is 50.8 Å². The first-order valence-corrected chi connectivity index (χ1v) is 10.5. The predicted octanol–water partition coefficient (Wildman–Crippen LogP) is 1.87. The van der Waals surface area contributed by atoms with Gasteiger partial charge in [0, 0.05) is 0 Å². The molecule has 1 aliphatic rings. The molecule has 0 bridgehead atoms. The summed E-state index contributed by atoms with van der Waals surface area (Å²) >= 11 is 0. The van der Waals surface area contributed by atoms with Crippen molar-refractivity contribution in [2.24, 2.45) is 0 Å². The Labute approximate surface area is 184 Å². The van der Waals surface area contributed by atoms with Crippen molar-refractivity contribution in [2.75, 3.05) is 19.8 Å². The van der Waals surface area contributed by atoms with Crippen LogP contribution in [0.15, 0.2) is 30.3 Å². The summed E-state index contributed by atoms with van der Waals surface area (Å²) in [7, 11) is 0. The summed E-state index contributed by atoms with van der Waals surface area (Å²) < 4.78 is 46.2. The zero-order valence-electron chi connectivity index (χ0n) is 17.9. The Kier molecular flexibility index (Phi) is 8.02. The van der Waals surface area contributed by atoms with Crippen molar-refractivity contribution < 1.29 is 43.4 Å². The van der Waals surface area contributed by atoms with E-state index in [0.29, 0.717) is 30.3 Å². The molecule has 0 saturated carbocycles. The highest BCUT2D eigenvalue weighted by molar-refractivity contribution is 5.44. The molecule has 2 aromatic rings. The van der Waals surface area contributed by atoms with Crippen LogP contribution in [-0.2, 0) is 11.2 Å². The van der Waals surface area contributed by atoms with Gasteiger partial charge in [0.25, 0.3) is 0 Å². The van der Waals surface area contributed by atoms with Crippen LogP contribution < -0.4 is 9.47 Å². The smallest absolute Gasteiger partial charge is 0.161 e. The lowest BCUT2D eigenvalue weighted by Gasteiger charge is -2.40. The average Bonchev–Trinajstić information content (AvgIpc) is 2.75. The number of hydrogen-bond donors (Lipinski definition) is 4. The zero-order valence-corrected chi connectivity index (χ0v) is 17.9. The maximum absolute atomic E-state index is 14.9. The molecule has 0 unspecified atom stereocenters. The lowest BCUT2D eigenvalue weighted by molar-refractivity contribution is -0.232. The quantitative estimate of drug-likeness (QED) is 0.482. The second-order valence-corrected chi connectivity index (χ2v) is 7.55. The van der Waals surface area contributed by atoms with E-state index in [2.05, 4.69) is 0 Å². The Bertz CT molecular complexity index is 898. The Morgan fingerprint density at radius 2 is 1.47 bits per heavy atom. The minimum atomic E-state index is -1.78. The van der Waals surface area contributed by atoms with Gasteiger partial charge in [-0.05, 0) is 55.7 Å². The van der Waals surface area contributed by atoms with Gasteiger partial charge in [0.05, 0.1) is 25.4 Å². The molecular weight excluding hydrogens is 426 g/mol. The third-order valence-electron chi connectivity index (χ3n) is 5.33. The highest BCUT2D eigenvalue weighted by Gasteiger charge is 2.45. The summed E-state index contributed by atoms with van der Waals surface area (Å²) in [5.74, 6) is -0.834. The van der Waals surface area contributed by atoms with Crippen LogP contribution in [0.25, 0.3) is 0 Å². The lowest BCUT2D eigenvalue weighted by atomic mass is 9.90. The van der Waals surface area contributed by atoms with Crippen LogP contribution in [0.4, 0.5) is 8.78 Å². The lowest BCUT2D eigenvalue weighted by Crippen LogP contribution is -2.55. The summed E-state index contributed by atoms with van der Waals surface area (Å²) in [4.78, 5) is 0. The van der Waals surface area contributed by atoms with Crippen LogP contribution in [0.5, 0.6) is 11.5 Å². The zero-order chi connectivity index (χ0) is 23.4. The Balaban J connectivity index is 1.87. The van der Waals surface area contributed by atoms with Crippen LogP contribution in [0.2, 0.25) is 0 Å². The van der Waals surface area contributed by atoms with Gasteiger partial charge in [0.1, 0.15) is 42.2 Å². The molecule has 0 spiro atoms. The minimum absolute atomic E-state index is 0.204. The summed E-state index contributed by atoms with van der Waals surface area (Å²) in [5.41, 5.74) is 0.503. The molecule has 1 fully saturated rings. The van der Waals surface area contributed by atoms with Crippen LogP contribution >= 0.6 is 0 Å². The van der Waals surface area contributed by atoms with Gasteiger partial charge in [-0.3, -0.25) is 0 Å². The van der Waals surface area contributed by atoms with Crippen molar-refractivity contribution >= 4 is 0 Å². The van der Waals surface area contributed by atoms with Crippen LogP contribution in [0.1, 0.15) is 36.6 Å². The van der Waals surface area contributed by atoms with Gasteiger partial charge >= 0.3 is 0 Å². The standard InChI is InChI=1S/C23H28F2O7/c1-3-30-16-6-5-12(10-17(16)31-4-2)7-13-8-14(24)19(15(25)9-13)23-22(29)21(28)20(27)18(11-26)32-23/h5-6,8-10,18,20-23,26-29H,3-4,7,11H2,1-2H3/t18-,20-,21+,22-,23+/m1/s1. The monoisotopic (exact) mass is 454 g/mol. The van der Waals surface area contributed by atoms with Crippen molar-refractivity contribution in [3.63, 3.8) is 0 Å². The van der Waals surface area contributed by atoms with E-state index in [1.165, 1.54) is 0 Å². The molecule has 9 heteroatoms. The first-order valence-electron chi connectivity index (χ1n) is 10.5. The molecule has 32 heavy (non-hydrogen) atoms. The van der Waals surface area contributed by atoms with Crippen LogP contribution in [-0.4, -0.2) is 64.7 Å². The van der Waals surface area contributed by atoms with E-state index in [9.17, 15) is 29.2 Å². The molecule has 7 nitrogen and oxygen atoms in total. The summed E-state index contributed by atoms with van der Waals surface area (Å²) in [6.45, 7) is 3.90. The molecule has 2 aromatic carbocycles. The molecular formula is C23H28F2O7. The average molecular weight is 454 g/mol. The van der Waals surface area contributed by atoms with Gasteiger partial charge in [-0.25, -0.2) is 8.78 Å². The fourth-order valence-corrected chi connectivity index (χ4v) is 3.79. The maximum Gasteiger partial charge on any atom is 0.161 e. The molecule has 0 radical (unpaired) electrons. The van der Waals surface area contributed by atoms with Crippen molar-refractivity contribution in [3.8, 4) is 11.5 Å². The SMILES string of the molecule is CCOc1ccc(Cc2cc(F)c([C@@H]3O[C@H](CO)[C@@H](O)[C@H](O)[C@H]3O)c(F)c2)cc1OCC. The van der Waals surface area contributed by atoms with Gasteiger partial charge < -0.3 is 34.6 Å². The molecule has 3 rings (SSSR count). The fraction of sp³-hybridized carbons (Fsp3) is 0.478. The maximum atomic E-state index is 14.9. The molecule has 0 aromatic heterocycles. The Morgan fingerprint density at radius 1 is 0.844 bits per heavy atom. The third kappa shape index (κ3) is 5.02. The molecule has 1 saturated heterocycles. The van der Waals surface area contributed by atoms with E-state index in [-0.39, 0.29) is 6.42 Å². The largest absolute Gasteiger partial charge is 0.490 e. The van der Waals surface area contributed by atoms with Crippen LogP contribution in [0, 0.1) is 11.6 Å². The van der Waals surface area contributed by atoms with E-state index >= 15 is 0 Å². The highest BCUT2D eigenvalue weighted by Crippen LogP contribution is 2.36. The second kappa shape index (κ2) is 10.5. The highest BCUT2D eigenvalue weighted by atomic mass is 19.1. The van der Waals surface area contributed by atoms with E-state index in [4.69, 9.17) is 14.2 Å². The first-order chi connectivity index (χ1) is 15.3. The number of aliphatic hydroxyl groups is 4. The van der Waals surface area contributed by atoms with Crippen molar-refractivity contribution in [1.29, 1.82) is 0 Å². The van der Waals surface area contributed by atoms with Crippen molar-refractivity contribution in [3.05, 3.63) is 58.7 Å². The van der Waals surface area contributed by atoms with Gasteiger partial charge in [0.2, 0.25) is 0 Å². The van der Waals surface area contributed by atoms with Crippen molar-refractivity contribution in [1.82, 2.24) is 0 Å². The van der Waals surface area contributed by atoms with Gasteiger partial charge in [0.15, 0.2) is 11.5 Å². The van der Waals surface area contributed by atoms with E-state index in [1.807, 2.05) is 13.8 Å². The van der Waals surface area contributed by atoms with Crippen LogP contribution in [0.3, 0.4) is 0 Å². The fourth-order valence-electron chi connectivity index (χ4n) is 3.79. The first kappa shape index (κ1) is 24.3. The molecule has 0 amide bonds. The Hall–Kier alpha value is -2.30. The predicted molar refractivity (Wildman–Crippen MR) is 111 cm³/mol. The van der Waals surface area contributed by atoms with Gasteiger partial charge in [-0.1, -0.05) is 6.07 Å². The number of halogens is 2. The van der Waals surface area contributed by atoms with E-state index in [1.54, 1.807) is 18.2 Å².